The van der Waals surface area contributed by atoms with Gasteiger partial charge in [-0.3, -0.25) is 4.79 Å². The number of carbonyl (C=O) groups excluding carboxylic acids is 1. The Morgan fingerprint density at radius 1 is 1.14 bits per heavy atom. The van der Waals surface area contributed by atoms with Crippen molar-refractivity contribution in [1.29, 1.82) is 0 Å². The summed E-state index contributed by atoms with van der Waals surface area (Å²) >= 11 is 0. The summed E-state index contributed by atoms with van der Waals surface area (Å²) in [5.74, 6) is 0.592. The molecule has 1 heterocycles. The van der Waals surface area contributed by atoms with E-state index < -0.39 is 10.0 Å². The average molecular weight is 404 g/mol. The molecule has 28 heavy (non-hydrogen) atoms. The highest BCUT2D eigenvalue weighted by atomic mass is 32.2. The molecule has 7 nitrogen and oxygen atoms in total. The number of methoxy groups -OCH3 is 1. The topological polar surface area (TPSA) is 84.9 Å². The van der Waals surface area contributed by atoms with Crippen molar-refractivity contribution in [2.75, 3.05) is 33.4 Å². The Balaban J connectivity index is 1.61. The molecular formula is C20H24N2O5S. The molecule has 0 unspecified atom stereocenters. The SMILES string of the molecule is COCC(=O)N1CCc2ccc(S(=O)(=O)NCCOc3ccccc3)cc2C1. The highest BCUT2D eigenvalue weighted by Gasteiger charge is 2.23. The number of carbonyl (C=O) groups is 1. The lowest BCUT2D eigenvalue weighted by atomic mass is 10.00. The largest absolute Gasteiger partial charge is 0.492 e. The molecule has 0 radical (unpaired) electrons. The predicted octanol–water partition coefficient (Wildman–Crippen LogP) is 1.57. The minimum Gasteiger partial charge on any atom is -0.492 e. The summed E-state index contributed by atoms with van der Waals surface area (Å²) in [6.45, 7) is 1.41. The summed E-state index contributed by atoms with van der Waals surface area (Å²) in [6.07, 6.45) is 0.698. The first-order chi connectivity index (χ1) is 13.5. The monoisotopic (exact) mass is 404 g/mol. The van der Waals surface area contributed by atoms with E-state index >= 15 is 0 Å². The van der Waals surface area contributed by atoms with Crippen LogP contribution in [0.4, 0.5) is 0 Å². The van der Waals surface area contributed by atoms with E-state index in [2.05, 4.69) is 4.72 Å². The smallest absolute Gasteiger partial charge is 0.248 e. The Kier molecular flexibility index (Phi) is 6.66. The number of fused-ring (bicyclic) bond motifs is 1. The third-order valence-corrected chi connectivity index (χ3v) is 5.99. The van der Waals surface area contributed by atoms with Gasteiger partial charge in [0.15, 0.2) is 0 Å². The van der Waals surface area contributed by atoms with Gasteiger partial charge in [-0.1, -0.05) is 24.3 Å². The van der Waals surface area contributed by atoms with E-state index in [0.29, 0.717) is 25.3 Å². The molecule has 1 aliphatic rings. The number of hydrogen-bond donors (Lipinski definition) is 1. The van der Waals surface area contributed by atoms with Gasteiger partial charge in [0.2, 0.25) is 15.9 Å². The van der Waals surface area contributed by atoms with Crippen LogP contribution in [-0.2, 0) is 32.5 Å². The van der Waals surface area contributed by atoms with Crippen LogP contribution in [0.5, 0.6) is 5.75 Å². The van der Waals surface area contributed by atoms with Gasteiger partial charge < -0.3 is 14.4 Å². The highest BCUT2D eigenvalue weighted by molar-refractivity contribution is 7.89. The third-order valence-electron chi connectivity index (χ3n) is 4.53. The molecule has 0 fully saturated rings. The summed E-state index contributed by atoms with van der Waals surface area (Å²) in [6, 6.07) is 14.3. The fourth-order valence-electron chi connectivity index (χ4n) is 3.07. The maximum Gasteiger partial charge on any atom is 0.248 e. The Bertz CT molecular complexity index is 915. The molecule has 3 rings (SSSR count). The number of rotatable bonds is 8. The minimum atomic E-state index is -3.65. The van der Waals surface area contributed by atoms with Crippen molar-refractivity contribution in [2.45, 2.75) is 17.9 Å². The molecule has 2 aromatic carbocycles. The van der Waals surface area contributed by atoms with E-state index in [1.165, 1.54) is 7.11 Å². The number of ether oxygens (including phenoxy) is 2. The van der Waals surface area contributed by atoms with E-state index in [4.69, 9.17) is 9.47 Å². The normalized spacial score (nSPS) is 13.8. The van der Waals surface area contributed by atoms with E-state index in [1.807, 2.05) is 36.4 Å². The summed E-state index contributed by atoms with van der Waals surface area (Å²) in [5.41, 5.74) is 1.91. The van der Waals surface area contributed by atoms with Crippen LogP contribution in [0, 0.1) is 0 Å². The van der Waals surface area contributed by atoms with Gasteiger partial charge in [0.1, 0.15) is 19.0 Å². The molecule has 2 aromatic rings. The number of hydrogen-bond acceptors (Lipinski definition) is 5. The Morgan fingerprint density at radius 2 is 1.93 bits per heavy atom. The van der Waals surface area contributed by atoms with Crippen molar-refractivity contribution in [3.05, 3.63) is 59.7 Å². The number of para-hydroxylation sites is 1. The van der Waals surface area contributed by atoms with Crippen LogP contribution in [0.1, 0.15) is 11.1 Å². The van der Waals surface area contributed by atoms with Crippen LogP contribution in [0.25, 0.3) is 0 Å². The molecule has 0 bridgehead atoms. The fraction of sp³-hybridized carbons (Fsp3) is 0.350. The first kappa shape index (κ1) is 20.3. The Morgan fingerprint density at radius 3 is 2.68 bits per heavy atom. The maximum absolute atomic E-state index is 12.6. The zero-order valence-corrected chi connectivity index (χ0v) is 16.6. The number of nitrogens with zero attached hydrogens (tertiary/aromatic N) is 1. The predicted molar refractivity (Wildman–Crippen MR) is 105 cm³/mol. The first-order valence-corrected chi connectivity index (χ1v) is 10.5. The lowest BCUT2D eigenvalue weighted by Gasteiger charge is -2.29. The number of nitrogens with one attached hydrogen (secondary N) is 1. The average Bonchev–Trinajstić information content (AvgIpc) is 2.71. The van der Waals surface area contributed by atoms with E-state index in [0.717, 1.165) is 11.1 Å². The Hall–Kier alpha value is -2.42. The first-order valence-electron chi connectivity index (χ1n) is 9.05. The molecule has 8 heteroatoms. The fourth-order valence-corrected chi connectivity index (χ4v) is 4.14. The molecular weight excluding hydrogens is 380 g/mol. The van der Waals surface area contributed by atoms with Crippen LogP contribution < -0.4 is 9.46 Å². The molecule has 1 N–H and O–H groups in total. The molecule has 0 atom stereocenters. The van der Waals surface area contributed by atoms with Crippen LogP contribution in [-0.4, -0.2) is 52.6 Å². The van der Waals surface area contributed by atoms with E-state index in [1.54, 1.807) is 17.0 Å². The molecule has 0 aromatic heterocycles. The standard InChI is InChI=1S/C20H24N2O5S/c1-26-15-20(23)22-11-9-16-7-8-19(13-17(16)14-22)28(24,25)21-10-12-27-18-5-3-2-4-6-18/h2-8,13,21H,9-12,14-15H2,1H3. The lowest BCUT2D eigenvalue weighted by Crippen LogP contribution is -2.38. The highest BCUT2D eigenvalue weighted by Crippen LogP contribution is 2.22. The molecule has 0 saturated heterocycles. The Labute approximate surface area is 165 Å². The number of benzene rings is 2. The van der Waals surface area contributed by atoms with Crippen molar-refractivity contribution in [3.63, 3.8) is 0 Å². The van der Waals surface area contributed by atoms with Crippen LogP contribution in [0.3, 0.4) is 0 Å². The van der Waals surface area contributed by atoms with Gasteiger partial charge in [0, 0.05) is 26.7 Å². The summed E-state index contributed by atoms with van der Waals surface area (Å²) < 4.78 is 38.1. The second-order valence-electron chi connectivity index (χ2n) is 6.49. The van der Waals surface area contributed by atoms with Gasteiger partial charge in [0.25, 0.3) is 0 Å². The van der Waals surface area contributed by atoms with Gasteiger partial charge in [-0.15, -0.1) is 0 Å². The zero-order chi connectivity index (χ0) is 20.0. The second-order valence-corrected chi connectivity index (χ2v) is 8.26. The quantitative estimate of drug-likeness (QED) is 0.675. The maximum atomic E-state index is 12.6. The van der Waals surface area contributed by atoms with Crippen molar-refractivity contribution >= 4 is 15.9 Å². The van der Waals surface area contributed by atoms with Crippen molar-refractivity contribution in [2.24, 2.45) is 0 Å². The van der Waals surface area contributed by atoms with E-state index in [-0.39, 0.29) is 30.6 Å². The molecule has 0 aliphatic carbocycles. The minimum absolute atomic E-state index is 0.0241. The van der Waals surface area contributed by atoms with E-state index in [9.17, 15) is 13.2 Å². The third kappa shape index (κ3) is 5.09. The zero-order valence-electron chi connectivity index (χ0n) is 15.8. The molecule has 150 valence electrons. The van der Waals surface area contributed by atoms with Crippen LogP contribution in [0.2, 0.25) is 0 Å². The van der Waals surface area contributed by atoms with Crippen molar-refractivity contribution in [3.8, 4) is 5.75 Å². The van der Waals surface area contributed by atoms with Crippen molar-refractivity contribution < 1.29 is 22.7 Å². The molecule has 0 saturated carbocycles. The van der Waals surface area contributed by atoms with Gasteiger partial charge in [-0.2, -0.15) is 0 Å². The van der Waals surface area contributed by atoms with Gasteiger partial charge in [-0.25, -0.2) is 13.1 Å². The number of sulfonamides is 1. The number of amides is 1. The second kappa shape index (κ2) is 9.18. The molecule has 0 spiro atoms. The summed E-state index contributed by atoms with van der Waals surface area (Å²) in [5, 5.41) is 0. The molecule has 1 aliphatic heterocycles. The molecule has 1 amide bonds. The van der Waals surface area contributed by atoms with Gasteiger partial charge in [0.05, 0.1) is 4.90 Å². The lowest BCUT2D eigenvalue weighted by molar-refractivity contribution is -0.136. The van der Waals surface area contributed by atoms with Crippen LogP contribution >= 0.6 is 0 Å². The van der Waals surface area contributed by atoms with Gasteiger partial charge >= 0.3 is 0 Å². The summed E-state index contributed by atoms with van der Waals surface area (Å²) in [7, 11) is -2.17. The van der Waals surface area contributed by atoms with Gasteiger partial charge in [-0.05, 0) is 41.8 Å². The van der Waals surface area contributed by atoms with Crippen molar-refractivity contribution in [1.82, 2.24) is 9.62 Å². The summed E-state index contributed by atoms with van der Waals surface area (Å²) in [4.78, 5) is 13.9. The van der Waals surface area contributed by atoms with Crippen LogP contribution in [0.15, 0.2) is 53.4 Å².